The van der Waals surface area contributed by atoms with E-state index in [0.717, 1.165) is 19.3 Å². The molecule has 4 bridgehead atoms. The number of nitrogens with zero attached hydrogens (tertiary/aromatic N) is 2. The fourth-order valence-corrected chi connectivity index (χ4v) is 6.94. The number of hydrogen-bond donors (Lipinski definition) is 0. The summed E-state index contributed by atoms with van der Waals surface area (Å²) in [5, 5.41) is 3.66. The Balaban J connectivity index is 1.25. The first-order valence-electron chi connectivity index (χ1n) is 12.5. The van der Waals surface area contributed by atoms with Crippen molar-refractivity contribution >= 4 is 38.7 Å². The first-order valence-corrected chi connectivity index (χ1v) is 14.1. The lowest BCUT2D eigenvalue weighted by Crippen LogP contribution is -2.50. The highest BCUT2D eigenvalue weighted by molar-refractivity contribution is 7.86. The SMILES string of the molecule is CC(C)(C)C(=O)/C(=N\OS(=O)(=O)CCOC(=O)C12CC3CC(CC(C3)C1)C2)c1nc2ccccc2o1. The molecule has 0 atom stereocenters. The summed E-state index contributed by atoms with van der Waals surface area (Å²) in [7, 11) is -4.23. The van der Waals surface area contributed by atoms with Gasteiger partial charge in [-0.2, -0.15) is 8.42 Å². The molecule has 0 amide bonds. The quantitative estimate of drug-likeness (QED) is 0.290. The van der Waals surface area contributed by atoms with Crippen molar-refractivity contribution in [2.24, 2.45) is 33.7 Å². The lowest BCUT2D eigenvalue weighted by atomic mass is 9.49. The molecule has 194 valence electrons. The molecule has 1 aromatic heterocycles. The van der Waals surface area contributed by atoms with Gasteiger partial charge in [0.25, 0.3) is 5.89 Å². The smallest absolute Gasteiger partial charge is 0.331 e. The number of para-hydroxylation sites is 2. The van der Waals surface area contributed by atoms with Gasteiger partial charge < -0.3 is 9.15 Å². The molecule has 0 radical (unpaired) electrons. The van der Waals surface area contributed by atoms with Crippen molar-refractivity contribution in [3.63, 3.8) is 0 Å². The van der Waals surface area contributed by atoms with Crippen molar-refractivity contribution < 1.29 is 31.4 Å². The molecule has 0 saturated heterocycles. The van der Waals surface area contributed by atoms with Crippen LogP contribution in [0.4, 0.5) is 0 Å². The van der Waals surface area contributed by atoms with Gasteiger partial charge in [0.1, 0.15) is 17.9 Å². The van der Waals surface area contributed by atoms with Gasteiger partial charge in [0.05, 0.1) is 5.41 Å². The van der Waals surface area contributed by atoms with E-state index in [4.69, 9.17) is 13.4 Å². The van der Waals surface area contributed by atoms with E-state index in [1.165, 1.54) is 19.3 Å². The van der Waals surface area contributed by atoms with Crippen LogP contribution in [-0.4, -0.2) is 43.2 Å². The maximum absolute atomic E-state index is 13.0. The van der Waals surface area contributed by atoms with Crippen molar-refractivity contribution in [3.05, 3.63) is 30.2 Å². The topological polar surface area (TPSA) is 125 Å². The minimum atomic E-state index is -4.23. The zero-order valence-electron chi connectivity index (χ0n) is 20.9. The van der Waals surface area contributed by atoms with E-state index in [1.807, 2.05) is 0 Å². The Hall–Kier alpha value is -2.75. The fraction of sp³-hybridized carbons (Fsp3) is 0.615. The van der Waals surface area contributed by atoms with Crippen LogP contribution in [0.5, 0.6) is 0 Å². The number of carbonyl (C=O) groups excluding carboxylic acids is 2. The summed E-state index contributed by atoms with van der Waals surface area (Å²) in [5.74, 6) is 0.258. The van der Waals surface area contributed by atoms with Crippen LogP contribution in [0.1, 0.15) is 65.2 Å². The fourth-order valence-electron chi connectivity index (χ4n) is 6.39. The lowest BCUT2D eigenvalue weighted by Gasteiger charge is -2.55. The van der Waals surface area contributed by atoms with Crippen LogP contribution in [0.15, 0.2) is 33.8 Å². The standard InChI is InChI=1S/C26H32N2O7S/c1-25(2,3)22(29)21(23-27-19-6-4-5-7-20(19)34-23)28-35-36(31,32)9-8-33-24(30)26-13-16-10-17(14-26)12-18(11-16)15-26/h4-7,16-18H,8-15H2,1-3H3/b28-21+. The molecule has 1 aromatic carbocycles. The predicted molar refractivity (Wildman–Crippen MR) is 131 cm³/mol. The summed E-state index contributed by atoms with van der Waals surface area (Å²) < 4.78 is 41.0. The van der Waals surface area contributed by atoms with E-state index >= 15 is 0 Å². The van der Waals surface area contributed by atoms with E-state index in [1.54, 1.807) is 45.0 Å². The van der Waals surface area contributed by atoms with Crippen molar-refractivity contribution in [2.75, 3.05) is 12.4 Å². The molecule has 4 saturated carbocycles. The van der Waals surface area contributed by atoms with E-state index < -0.39 is 32.5 Å². The molecule has 2 aromatic rings. The van der Waals surface area contributed by atoms with Crippen LogP contribution in [-0.2, 0) is 28.7 Å². The number of esters is 1. The second-order valence-electron chi connectivity index (χ2n) is 11.7. The number of rotatable bonds is 8. The summed E-state index contributed by atoms with van der Waals surface area (Å²) >= 11 is 0. The number of carbonyl (C=O) groups is 2. The van der Waals surface area contributed by atoms with Gasteiger partial charge in [0, 0.05) is 5.41 Å². The number of oxazole rings is 1. The van der Waals surface area contributed by atoms with Crippen LogP contribution in [0.25, 0.3) is 11.1 Å². The Morgan fingerprint density at radius 3 is 2.28 bits per heavy atom. The number of benzene rings is 1. The number of ether oxygens (including phenoxy) is 1. The summed E-state index contributed by atoms with van der Waals surface area (Å²) in [6.07, 6.45) is 6.11. The van der Waals surface area contributed by atoms with Gasteiger partial charge in [-0.3, -0.25) is 13.9 Å². The van der Waals surface area contributed by atoms with Gasteiger partial charge in [-0.25, -0.2) is 4.98 Å². The minimum absolute atomic E-state index is 0.125. The van der Waals surface area contributed by atoms with Gasteiger partial charge in [-0.05, 0) is 68.4 Å². The number of ketones is 1. The van der Waals surface area contributed by atoms with E-state index in [-0.39, 0.29) is 24.2 Å². The zero-order valence-corrected chi connectivity index (χ0v) is 21.7. The third-order valence-electron chi connectivity index (χ3n) is 7.67. The first-order chi connectivity index (χ1) is 16.9. The molecule has 0 N–H and O–H groups in total. The van der Waals surface area contributed by atoms with Crippen LogP contribution >= 0.6 is 0 Å². The number of hydrogen-bond acceptors (Lipinski definition) is 9. The largest absolute Gasteiger partial charge is 0.464 e. The molecule has 0 aliphatic heterocycles. The van der Waals surface area contributed by atoms with Crippen molar-refractivity contribution in [2.45, 2.75) is 59.3 Å². The van der Waals surface area contributed by atoms with Crippen molar-refractivity contribution in [1.82, 2.24) is 4.98 Å². The average Bonchev–Trinajstić information content (AvgIpc) is 3.21. The molecular weight excluding hydrogens is 484 g/mol. The van der Waals surface area contributed by atoms with Gasteiger partial charge in [-0.1, -0.05) is 38.1 Å². The van der Waals surface area contributed by atoms with E-state index in [0.29, 0.717) is 28.9 Å². The molecule has 1 heterocycles. The number of oxime groups is 1. The molecule has 4 fully saturated rings. The summed E-state index contributed by atoms with van der Waals surface area (Å²) in [5.41, 5.74) is -0.743. The minimum Gasteiger partial charge on any atom is -0.464 e. The van der Waals surface area contributed by atoms with Crippen molar-refractivity contribution in [1.29, 1.82) is 0 Å². The zero-order chi connectivity index (χ0) is 25.7. The summed E-state index contributed by atoms with van der Waals surface area (Å²) in [4.78, 5) is 30.2. The molecule has 10 heteroatoms. The Bertz CT molecular complexity index is 1250. The second-order valence-corrected chi connectivity index (χ2v) is 13.3. The van der Waals surface area contributed by atoms with Gasteiger partial charge in [0.2, 0.25) is 5.71 Å². The molecule has 36 heavy (non-hydrogen) atoms. The molecule has 6 rings (SSSR count). The maximum Gasteiger partial charge on any atom is 0.331 e. The van der Waals surface area contributed by atoms with Crippen LogP contribution in [0, 0.1) is 28.6 Å². The first kappa shape index (κ1) is 24.9. The lowest BCUT2D eigenvalue weighted by molar-refractivity contribution is -0.170. The monoisotopic (exact) mass is 516 g/mol. The molecule has 4 aliphatic carbocycles. The Morgan fingerprint density at radius 1 is 1.08 bits per heavy atom. The number of aromatic nitrogens is 1. The molecule has 0 spiro atoms. The molecule has 9 nitrogen and oxygen atoms in total. The van der Waals surface area contributed by atoms with Gasteiger partial charge in [0.15, 0.2) is 11.4 Å². The van der Waals surface area contributed by atoms with Gasteiger partial charge in [-0.15, -0.1) is 0 Å². The molecular formula is C26H32N2O7S. The third-order valence-corrected chi connectivity index (χ3v) is 8.64. The van der Waals surface area contributed by atoms with Crippen LogP contribution in [0.3, 0.4) is 0 Å². The maximum atomic E-state index is 13.0. The third kappa shape index (κ3) is 4.92. The molecule has 0 unspecified atom stereocenters. The van der Waals surface area contributed by atoms with Crippen LogP contribution < -0.4 is 0 Å². The summed E-state index contributed by atoms with van der Waals surface area (Å²) in [6.45, 7) is 4.69. The highest BCUT2D eigenvalue weighted by Crippen LogP contribution is 2.60. The number of fused-ring (bicyclic) bond motifs is 1. The molecule has 4 aliphatic rings. The predicted octanol–water partition coefficient (Wildman–Crippen LogP) is 4.25. The highest BCUT2D eigenvalue weighted by Gasteiger charge is 2.55. The summed E-state index contributed by atoms with van der Waals surface area (Å²) in [6, 6.07) is 6.91. The van der Waals surface area contributed by atoms with E-state index in [2.05, 4.69) is 10.1 Å². The Morgan fingerprint density at radius 2 is 1.69 bits per heavy atom. The van der Waals surface area contributed by atoms with Crippen LogP contribution in [0.2, 0.25) is 0 Å². The number of Topliss-reactive ketones (excluding diaryl/α,β-unsaturated/α-hetero) is 1. The Kier molecular flexibility index (Phi) is 6.21. The average molecular weight is 517 g/mol. The highest BCUT2D eigenvalue weighted by atomic mass is 32.2. The Labute approximate surface area is 210 Å². The van der Waals surface area contributed by atoms with E-state index in [9.17, 15) is 18.0 Å². The van der Waals surface area contributed by atoms with Crippen molar-refractivity contribution in [3.8, 4) is 0 Å². The van der Waals surface area contributed by atoms with Gasteiger partial charge >= 0.3 is 16.1 Å². The second kappa shape index (κ2) is 8.97. The normalized spacial score (nSPS) is 27.9.